The van der Waals surface area contributed by atoms with Gasteiger partial charge >= 0.3 is 0 Å². The van der Waals surface area contributed by atoms with Crippen molar-refractivity contribution < 1.29 is 13.2 Å². The molecule has 3 aromatic heterocycles. The Bertz CT molecular complexity index is 1400. The standard InChI is InChI=1S/C22H22N6O3S/c1-31-21-10-6-16(13-23-21)19-9-8-18-14-24-22(26-28(18)19)25-17-7-5-15-4-3-11-27(20(15)12-17)32(2,29)30/h5-10,12-14H,3-4,11H2,1-2H3,(H,25,26). The fourth-order valence-corrected chi connectivity index (χ4v) is 4.91. The highest BCUT2D eigenvalue weighted by atomic mass is 32.2. The van der Waals surface area contributed by atoms with Gasteiger partial charge in [-0.1, -0.05) is 6.07 Å². The molecule has 5 rings (SSSR count). The lowest BCUT2D eigenvalue weighted by atomic mass is 10.0. The van der Waals surface area contributed by atoms with Crippen LogP contribution in [0.15, 0.2) is 54.9 Å². The van der Waals surface area contributed by atoms with Gasteiger partial charge in [0.05, 0.1) is 36.5 Å². The van der Waals surface area contributed by atoms with Gasteiger partial charge in [0.15, 0.2) is 0 Å². The number of hydrogen-bond acceptors (Lipinski definition) is 7. The van der Waals surface area contributed by atoms with Crippen LogP contribution in [0.2, 0.25) is 0 Å². The van der Waals surface area contributed by atoms with Gasteiger partial charge in [-0.25, -0.2) is 22.9 Å². The molecule has 0 radical (unpaired) electrons. The first-order valence-electron chi connectivity index (χ1n) is 10.2. The number of fused-ring (bicyclic) bond motifs is 2. The minimum absolute atomic E-state index is 0.401. The zero-order valence-electron chi connectivity index (χ0n) is 17.7. The largest absolute Gasteiger partial charge is 0.481 e. The van der Waals surface area contributed by atoms with Crippen molar-refractivity contribution in [2.24, 2.45) is 0 Å². The van der Waals surface area contributed by atoms with E-state index in [-0.39, 0.29) is 0 Å². The molecular formula is C22H22N6O3S. The highest BCUT2D eigenvalue weighted by Crippen LogP contribution is 2.32. The normalized spacial score (nSPS) is 13.8. The minimum atomic E-state index is -3.34. The van der Waals surface area contributed by atoms with Gasteiger partial charge in [-0.2, -0.15) is 0 Å². The van der Waals surface area contributed by atoms with Gasteiger partial charge in [0.25, 0.3) is 0 Å². The second kappa shape index (κ2) is 7.79. The number of sulfonamides is 1. The van der Waals surface area contributed by atoms with Gasteiger partial charge in [0, 0.05) is 30.1 Å². The number of rotatable bonds is 5. The van der Waals surface area contributed by atoms with E-state index in [1.807, 2.05) is 36.4 Å². The van der Waals surface area contributed by atoms with Crippen molar-refractivity contribution in [2.75, 3.05) is 29.5 Å². The minimum Gasteiger partial charge on any atom is -0.481 e. The van der Waals surface area contributed by atoms with E-state index >= 15 is 0 Å². The molecule has 1 N–H and O–H groups in total. The van der Waals surface area contributed by atoms with Crippen molar-refractivity contribution in [3.8, 4) is 17.1 Å². The van der Waals surface area contributed by atoms with Gasteiger partial charge in [-0.05, 0) is 48.7 Å². The molecule has 164 valence electrons. The van der Waals surface area contributed by atoms with Crippen LogP contribution < -0.4 is 14.4 Å². The zero-order valence-corrected chi connectivity index (χ0v) is 18.5. The van der Waals surface area contributed by atoms with Crippen LogP contribution in [0.1, 0.15) is 12.0 Å². The molecule has 4 heterocycles. The predicted octanol–water partition coefficient (Wildman–Crippen LogP) is 3.26. The molecule has 4 aromatic rings. The van der Waals surface area contributed by atoms with Gasteiger partial charge < -0.3 is 10.1 Å². The number of methoxy groups -OCH3 is 1. The summed E-state index contributed by atoms with van der Waals surface area (Å²) in [4.78, 5) is 8.68. The average Bonchev–Trinajstić information content (AvgIpc) is 3.21. The molecule has 0 fully saturated rings. The molecule has 9 nitrogen and oxygen atoms in total. The quantitative estimate of drug-likeness (QED) is 0.498. The smallest absolute Gasteiger partial charge is 0.245 e. The van der Waals surface area contributed by atoms with Crippen molar-refractivity contribution in [3.63, 3.8) is 0 Å². The highest BCUT2D eigenvalue weighted by molar-refractivity contribution is 7.92. The summed E-state index contributed by atoms with van der Waals surface area (Å²) >= 11 is 0. The molecule has 1 aliphatic rings. The van der Waals surface area contributed by atoms with E-state index in [2.05, 4.69) is 20.4 Å². The molecule has 0 unspecified atom stereocenters. The maximum atomic E-state index is 12.2. The van der Waals surface area contributed by atoms with E-state index in [9.17, 15) is 8.42 Å². The van der Waals surface area contributed by atoms with Crippen LogP contribution in [0, 0.1) is 0 Å². The number of pyridine rings is 1. The van der Waals surface area contributed by atoms with E-state index in [0.717, 1.165) is 40.9 Å². The molecule has 0 bridgehead atoms. The number of aromatic nitrogens is 4. The SMILES string of the molecule is COc1ccc(-c2ccc3cnc(Nc4ccc5c(c4)N(S(C)(=O)=O)CCC5)nn23)cn1. The van der Waals surface area contributed by atoms with Crippen molar-refractivity contribution in [2.45, 2.75) is 12.8 Å². The van der Waals surface area contributed by atoms with Crippen molar-refractivity contribution in [1.29, 1.82) is 0 Å². The first kappa shape index (κ1) is 20.3. The number of aryl methyl sites for hydroxylation is 1. The van der Waals surface area contributed by atoms with Gasteiger partial charge in [-0.3, -0.25) is 4.31 Å². The lowest BCUT2D eigenvalue weighted by Gasteiger charge is -2.29. The van der Waals surface area contributed by atoms with Crippen LogP contribution in [0.4, 0.5) is 17.3 Å². The van der Waals surface area contributed by atoms with Crippen LogP contribution in [0.5, 0.6) is 5.88 Å². The number of hydrogen-bond donors (Lipinski definition) is 1. The van der Waals surface area contributed by atoms with Crippen molar-refractivity contribution >= 4 is 32.9 Å². The van der Waals surface area contributed by atoms with E-state index < -0.39 is 10.0 Å². The lowest BCUT2D eigenvalue weighted by Crippen LogP contribution is -2.34. The fraction of sp³-hybridized carbons (Fsp3) is 0.227. The average molecular weight is 451 g/mol. The Morgan fingerprint density at radius 3 is 2.69 bits per heavy atom. The topological polar surface area (TPSA) is 102 Å². The number of ether oxygens (including phenoxy) is 1. The summed E-state index contributed by atoms with van der Waals surface area (Å²) in [5.74, 6) is 0.945. The Kier molecular flexibility index (Phi) is 4.93. The Labute approximate surface area is 185 Å². The third kappa shape index (κ3) is 3.73. The summed E-state index contributed by atoms with van der Waals surface area (Å²) in [7, 11) is -1.76. The number of anilines is 3. The third-order valence-corrected chi connectivity index (χ3v) is 6.64. The second-order valence-electron chi connectivity index (χ2n) is 7.63. The monoisotopic (exact) mass is 450 g/mol. The molecule has 10 heteroatoms. The molecule has 0 aliphatic carbocycles. The number of benzene rings is 1. The van der Waals surface area contributed by atoms with E-state index in [0.29, 0.717) is 24.1 Å². The van der Waals surface area contributed by atoms with Crippen LogP contribution in [-0.4, -0.2) is 47.9 Å². The second-order valence-corrected chi connectivity index (χ2v) is 9.54. The Morgan fingerprint density at radius 1 is 1.06 bits per heavy atom. The summed E-state index contributed by atoms with van der Waals surface area (Å²) < 4.78 is 32.8. The molecule has 1 aromatic carbocycles. The summed E-state index contributed by atoms with van der Waals surface area (Å²) in [6, 6.07) is 13.3. The molecule has 0 spiro atoms. The summed E-state index contributed by atoms with van der Waals surface area (Å²) in [6.45, 7) is 0.486. The highest BCUT2D eigenvalue weighted by Gasteiger charge is 2.24. The van der Waals surface area contributed by atoms with E-state index in [1.54, 1.807) is 30.1 Å². The van der Waals surface area contributed by atoms with Gasteiger partial charge in [0.2, 0.25) is 21.9 Å². The third-order valence-electron chi connectivity index (χ3n) is 5.46. The number of nitrogens with one attached hydrogen (secondary N) is 1. The molecule has 0 saturated heterocycles. The Morgan fingerprint density at radius 2 is 1.94 bits per heavy atom. The molecule has 0 amide bonds. The molecular weight excluding hydrogens is 428 g/mol. The van der Waals surface area contributed by atoms with Crippen LogP contribution in [0.3, 0.4) is 0 Å². The van der Waals surface area contributed by atoms with Crippen molar-refractivity contribution in [3.05, 3.63) is 60.4 Å². The molecule has 0 atom stereocenters. The predicted molar refractivity (Wildman–Crippen MR) is 123 cm³/mol. The lowest BCUT2D eigenvalue weighted by molar-refractivity contribution is 0.398. The number of nitrogens with zero attached hydrogens (tertiary/aromatic N) is 5. The Hall–Kier alpha value is -3.66. The van der Waals surface area contributed by atoms with Crippen LogP contribution in [-0.2, 0) is 16.4 Å². The maximum Gasteiger partial charge on any atom is 0.245 e. The maximum absolute atomic E-state index is 12.2. The Balaban J connectivity index is 1.48. The van der Waals surface area contributed by atoms with Gasteiger partial charge in [0.1, 0.15) is 0 Å². The van der Waals surface area contributed by atoms with E-state index in [4.69, 9.17) is 4.74 Å². The van der Waals surface area contributed by atoms with Crippen molar-refractivity contribution in [1.82, 2.24) is 19.6 Å². The first-order valence-corrected chi connectivity index (χ1v) is 12.0. The van der Waals surface area contributed by atoms with Crippen LogP contribution >= 0.6 is 0 Å². The summed E-state index contributed by atoms with van der Waals surface area (Å²) in [5, 5.41) is 7.84. The first-order chi connectivity index (χ1) is 15.4. The molecule has 1 aliphatic heterocycles. The van der Waals surface area contributed by atoms with Gasteiger partial charge in [-0.15, -0.1) is 5.10 Å². The fourth-order valence-electron chi connectivity index (χ4n) is 3.92. The molecule has 0 saturated carbocycles. The van der Waals surface area contributed by atoms with Crippen LogP contribution in [0.25, 0.3) is 16.8 Å². The molecule has 32 heavy (non-hydrogen) atoms. The summed E-state index contributed by atoms with van der Waals surface area (Å²) in [5.41, 5.74) is 5.05. The van der Waals surface area contributed by atoms with E-state index in [1.165, 1.54) is 10.6 Å². The summed E-state index contributed by atoms with van der Waals surface area (Å²) in [6.07, 6.45) is 6.37. The zero-order chi connectivity index (χ0) is 22.3.